The number of hydrogen-bond acceptors (Lipinski definition) is 3. The van der Waals surface area contributed by atoms with E-state index >= 15 is 0 Å². The molecule has 226 valence electrons. The lowest BCUT2D eigenvalue weighted by Gasteiger charge is -2.39. The van der Waals surface area contributed by atoms with Gasteiger partial charge >= 0.3 is 12.4 Å². The molecule has 1 unspecified atom stereocenters. The maximum absolute atomic E-state index is 14.1. The lowest BCUT2D eigenvalue weighted by atomic mass is 9.81. The lowest BCUT2D eigenvalue weighted by Crippen LogP contribution is -2.48. The van der Waals surface area contributed by atoms with Gasteiger partial charge in [-0.15, -0.1) is 11.8 Å². The molecule has 12 heteroatoms. The highest BCUT2D eigenvalue weighted by Gasteiger charge is 2.44. The molecule has 42 heavy (non-hydrogen) atoms. The number of rotatable bonds is 5. The third-order valence-electron chi connectivity index (χ3n) is 7.69. The van der Waals surface area contributed by atoms with Crippen molar-refractivity contribution in [1.82, 2.24) is 9.47 Å². The minimum Gasteiger partial charge on any atom is -0.308 e. The van der Waals surface area contributed by atoms with Crippen LogP contribution >= 0.6 is 11.8 Å². The van der Waals surface area contributed by atoms with E-state index in [1.54, 1.807) is 43.1 Å². The van der Waals surface area contributed by atoms with Gasteiger partial charge in [0.05, 0.1) is 23.1 Å². The van der Waals surface area contributed by atoms with Crippen molar-refractivity contribution < 1.29 is 35.5 Å². The number of pyridine rings is 1. The number of carbonyl (C=O) groups is 1. The zero-order valence-electron chi connectivity index (χ0n) is 23.5. The Balaban J connectivity index is 1.85. The van der Waals surface area contributed by atoms with Crippen LogP contribution in [0.15, 0.2) is 54.7 Å². The van der Waals surface area contributed by atoms with Crippen molar-refractivity contribution in [1.29, 1.82) is 0 Å². The number of halogens is 7. The smallest absolute Gasteiger partial charge is 0.308 e. The van der Waals surface area contributed by atoms with Crippen LogP contribution in [-0.2, 0) is 22.6 Å². The van der Waals surface area contributed by atoms with Gasteiger partial charge in [0.15, 0.2) is 0 Å². The second kappa shape index (κ2) is 11.5. The highest BCUT2D eigenvalue weighted by Crippen LogP contribution is 2.45. The van der Waals surface area contributed by atoms with Gasteiger partial charge in [0.1, 0.15) is 23.1 Å². The highest BCUT2D eigenvalue weighted by atomic mass is 32.2. The fourth-order valence-electron chi connectivity index (χ4n) is 5.39. The molecule has 3 aromatic rings. The van der Waals surface area contributed by atoms with E-state index in [1.807, 2.05) is 0 Å². The van der Waals surface area contributed by atoms with Gasteiger partial charge in [-0.3, -0.25) is 4.79 Å². The number of likely N-dealkylation sites (N-methyl/N-ethyl adjacent to an activating group) is 1. The quantitative estimate of drug-likeness (QED) is 0.213. The minimum absolute atomic E-state index is 0.0446. The summed E-state index contributed by atoms with van der Waals surface area (Å²) < 4.78 is 95.9. The maximum Gasteiger partial charge on any atom is 0.416 e. The Labute approximate surface area is 244 Å². The fourth-order valence-corrected chi connectivity index (χ4v) is 6.63. The number of amides is 1. The molecule has 4 rings (SSSR count). The predicted molar refractivity (Wildman–Crippen MR) is 151 cm³/mol. The summed E-state index contributed by atoms with van der Waals surface area (Å²) in [7, 11) is 1.43. The fraction of sp³-hybridized carbons (Fsp3) is 0.400. The van der Waals surface area contributed by atoms with Crippen LogP contribution in [0.3, 0.4) is 0 Å². The van der Waals surface area contributed by atoms with Crippen molar-refractivity contribution in [2.45, 2.75) is 51.4 Å². The molecule has 0 N–H and O–H groups in total. The molecule has 2 aromatic carbocycles. The van der Waals surface area contributed by atoms with Crippen LogP contribution in [0.5, 0.6) is 0 Å². The summed E-state index contributed by atoms with van der Waals surface area (Å²) in [6.45, 7) is 4.99. The van der Waals surface area contributed by atoms with Gasteiger partial charge in [0.2, 0.25) is 5.91 Å². The normalized spacial score (nSPS) is 18.5. The van der Waals surface area contributed by atoms with Gasteiger partial charge < -0.3 is 4.90 Å². The topological polar surface area (TPSA) is 33.2 Å². The number of quaternary nitrogens is 1. The van der Waals surface area contributed by atoms with Gasteiger partial charge in [0.25, 0.3) is 5.82 Å². The molecule has 1 atom stereocenters. The number of hydrogen-bond donors (Lipinski definition) is 0. The van der Waals surface area contributed by atoms with Crippen molar-refractivity contribution in [2.75, 3.05) is 30.1 Å². The molecule has 1 saturated heterocycles. The molecule has 1 aromatic heterocycles. The van der Waals surface area contributed by atoms with Crippen molar-refractivity contribution in [3.05, 3.63) is 82.8 Å². The molecule has 0 aliphatic carbocycles. The number of nitrogens with zero attached hydrogens (tertiary/aromatic N) is 3. The Morgan fingerprint density at radius 1 is 0.929 bits per heavy atom. The first-order chi connectivity index (χ1) is 19.5. The Morgan fingerprint density at radius 3 is 2.14 bits per heavy atom. The van der Waals surface area contributed by atoms with Gasteiger partial charge in [-0.05, 0) is 87.4 Å². The van der Waals surface area contributed by atoms with E-state index in [1.165, 1.54) is 37.9 Å². The molecule has 4 nitrogen and oxygen atoms in total. The summed E-state index contributed by atoms with van der Waals surface area (Å²) in [6.07, 6.45) is -6.78. The number of alkyl halides is 6. The van der Waals surface area contributed by atoms with Gasteiger partial charge in [-0.25, -0.2) is 13.9 Å². The van der Waals surface area contributed by atoms with Crippen LogP contribution in [0.2, 0.25) is 0 Å². The monoisotopic (exact) mass is 614 g/mol. The molecule has 0 radical (unpaired) electrons. The average Bonchev–Trinajstić information content (AvgIpc) is 3.18. The predicted octanol–water partition coefficient (Wildman–Crippen LogP) is 8.63. The van der Waals surface area contributed by atoms with Crippen LogP contribution in [0.4, 0.5) is 47.9 Å². The van der Waals surface area contributed by atoms with E-state index in [0.717, 1.165) is 24.3 Å². The number of thioether (sulfide) groups is 1. The van der Waals surface area contributed by atoms with E-state index in [9.17, 15) is 35.5 Å². The Morgan fingerprint density at radius 2 is 1.55 bits per heavy atom. The van der Waals surface area contributed by atoms with E-state index in [2.05, 4.69) is 4.98 Å². The molecule has 0 spiro atoms. The SMILES string of the molecule is Cc1cc(F)ccc1[N+]1(c2ncccc2N(C)C(=O)C(C)(C)c2cc(C(F)(F)F)cc(C(F)(F)F)c2)CCCCSC1. The largest absolute Gasteiger partial charge is 0.416 e. The standard InChI is InChI=1S/C30H31F7N3OS/c1-19-14-23(31)9-10-25(19)40(12-5-6-13-42-18-40)26-24(8-7-11-38-26)39(4)27(41)28(2,3)20-15-21(29(32,33)34)17-22(16-20)30(35,36)37/h7-11,14-17H,5-6,12-13,18H2,1-4H3/q+1. The molecule has 1 aliphatic rings. The van der Waals surface area contributed by atoms with E-state index in [0.29, 0.717) is 41.6 Å². The van der Waals surface area contributed by atoms with Crippen molar-refractivity contribution >= 4 is 34.9 Å². The summed E-state index contributed by atoms with van der Waals surface area (Å²) >= 11 is 1.69. The number of aryl methyl sites for hydroxylation is 1. The first kappa shape index (κ1) is 31.8. The number of aromatic nitrogens is 1. The summed E-state index contributed by atoms with van der Waals surface area (Å²) in [6, 6.07) is 8.98. The number of benzene rings is 2. The third-order valence-corrected chi connectivity index (χ3v) is 8.89. The Kier molecular flexibility index (Phi) is 8.72. The Hall–Kier alpha value is -3.12. The van der Waals surface area contributed by atoms with Crippen LogP contribution in [0.25, 0.3) is 0 Å². The molecule has 1 fully saturated rings. The van der Waals surface area contributed by atoms with Crippen molar-refractivity contribution in [2.24, 2.45) is 0 Å². The zero-order valence-corrected chi connectivity index (χ0v) is 24.4. The number of anilines is 1. The first-order valence-electron chi connectivity index (χ1n) is 13.2. The summed E-state index contributed by atoms with van der Waals surface area (Å²) in [5, 5.41) is 0. The number of carbonyl (C=O) groups excluding carboxylic acids is 1. The Bertz CT molecular complexity index is 1430. The molecular formula is C30H31F7N3OS+. The summed E-state index contributed by atoms with van der Waals surface area (Å²) in [5.41, 5.74) is -3.36. The highest BCUT2D eigenvalue weighted by molar-refractivity contribution is 7.99. The van der Waals surface area contributed by atoms with Crippen LogP contribution < -0.4 is 9.38 Å². The average molecular weight is 615 g/mol. The van der Waals surface area contributed by atoms with Crippen LogP contribution in [-0.4, -0.2) is 36.1 Å². The van der Waals surface area contributed by atoms with Crippen molar-refractivity contribution in [3.8, 4) is 0 Å². The van der Waals surface area contributed by atoms with E-state index in [4.69, 9.17) is 0 Å². The van der Waals surface area contributed by atoms with Gasteiger partial charge in [-0.1, -0.05) is 0 Å². The molecule has 0 bridgehead atoms. The maximum atomic E-state index is 14.1. The lowest BCUT2D eigenvalue weighted by molar-refractivity contribution is -0.143. The second-order valence-corrected chi connectivity index (χ2v) is 12.1. The minimum atomic E-state index is -5.05. The third kappa shape index (κ3) is 6.15. The molecule has 1 aliphatic heterocycles. The zero-order chi connectivity index (χ0) is 31.1. The van der Waals surface area contributed by atoms with Crippen molar-refractivity contribution in [3.63, 3.8) is 0 Å². The van der Waals surface area contributed by atoms with Gasteiger partial charge in [0, 0.05) is 24.9 Å². The summed E-state index contributed by atoms with van der Waals surface area (Å²) in [5.74, 6) is 0.784. The van der Waals surface area contributed by atoms with Gasteiger partial charge in [-0.2, -0.15) is 26.3 Å². The second-order valence-electron chi connectivity index (χ2n) is 11.0. The first-order valence-corrected chi connectivity index (χ1v) is 14.4. The van der Waals surface area contributed by atoms with E-state index < -0.39 is 46.2 Å². The molecule has 2 heterocycles. The molecular weight excluding hydrogens is 583 g/mol. The molecule has 0 saturated carbocycles. The van der Waals surface area contributed by atoms with Crippen LogP contribution in [0.1, 0.15) is 48.9 Å². The van der Waals surface area contributed by atoms with Crippen LogP contribution in [0, 0.1) is 12.7 Å². The van der Waals surface area contributed by atoms with E-state index in [-0.39, 0.29) is 10.5 Å². The summed E-state index contributed by atoms with van der Waals surface area (Å²) in [4.78, 5) is 19.9. The molecule has 1 amide bonds.